The summed E-state index contributed by atoms with van der Waals surface area (Å²) < 4.78 is 5.78. The van der Waals surface area contributed by atoms with Gasteiger partial charge in [-0.1, -0.05) is 25.1 Å². The maximum atomic E-state index is 6.14. The Hall–Kier alpha value is -3.15. The number of nitrogens with zero attached hydrogens (tertiary/aromatic N) is 3. The molecule has 0 aliphatic heterocycles. The van der Waals surface area contributed by atoms with Crippen LogP contribution in [0.3, 0.4) is 0 Å². The lowest BCUT2D eigenvalue weighted by atomic mass is 10.2. The molecule has 0 radical (unpaired) electrons. The number of aryl methyl sites for hydroxylation is 2. The standard InChI is InChI=1S/C18H19N5O/c1-3-13-6-8-14(9-7-13)24-18-15(19)17(21-11-22-18)23-16-12(2)5-4-10-20-16/h4-11H,3,19H2,1-2H3,(H,20,21,22,23). The predicted octanol–water partition coefficient (Wildman–Crippen LogP) is 3.86. The van der Waals surface area contributed by atoms with E-state index in [1.54, 1.807) is 6.20 Å². The van der Waals surface area contributed by atoms with E-state index in [1.165, 1.54) is 11.9 Å². The minimum absolute atomic E-state index is 0.310. The van der Waals surface area contributed by atoms with E-state index in [-0.39, 0.29) is 0 Å². The van der Waals surface area contributed by atoms with Gasteiger partial charge in [0.25, 0.3) is 0 Å². The van der Waals surface area contributed by atoms with Gasteiger partial charge in [0.05, 0.1) is 0 Å². The normalized spacial score (nSPS) is 10.4. The van der Waals surface area contributed by atoms with Crippen LogP contribution in [0.2, 0.25) is 0 Å². The molecule has 24 heavy (non-hydrogen) atoms. The minimum atomic E-state index is 0.310. The fourth-order valence-electron chi connectivity index (χ4n) is 2.19. The number of hydrogen-bond donors (Lipinski definition) is 2. The maximum Gasteiger partial charge on any atom is 0.248 e. The lowest BCUT2D eigenvalue weighted by Gasteiger charge is -2.12. The molecule has 2 aromatic heterocycles. The summed E-state index contributed by atoms with van der Waals surface area (Å²) in [4.78, 5) is 12.6. The summed E-state index contributed by atoms with van der Waals surface area (Å²) in [5.74, 6) is 2.15. The predicted molar refractivity (Wildman–Crippen MR) is 94.6 cm³/mol. The molecule has 6 heteroatoms. The number of aromatic nitrogens is 3. The Morgan fingerprint density at radius 2 is 1.83 bits per heavy atom. The summed E-state index contributed by atoms with van der Waals surface area (Å²) >= 11 is 0. The SMILES string of the molecule is CCc1ccc(Oc2ncnc(Nc3ncccc3C)c2N)cc1. The van der Waals surface area contributed by atoms with Gasteiger partial charge >= 0.3 is 0 Å². The molecule has 3 aromatic rings. The van der Waals surface area contributed by atoms with Crippen LogP contribution < -0.4 is 15.8 Å². The number of pyridine rings is 1. The summed E-state index contributed by atoms with van der Waals surface area (Å²) in [5.41, 5.74) is 8.72. The third-order valence-electron chi connectivity index (χ3n) is 3.64. The van der Waals surface area contributed by atoms with Crippen molar-refractivity contribution in [2.24, 2.45) is 0 Å². The van der Waals surface area contributed by atoms with Gasteiger partial charge in [-0.25, -0.2) is 9.97 Å². The quantitative estimate of drug-likeness (QED) is 0.742. The number of hydrogen-bond acceptors (Lipinski definition) is 6. The molecule has 3 rings (SSSR count). The molecule has 122 valence electrons. The van der Waals surface area contributed by atoms with Gasteiger partial charge in [0.15, 0.2) is 5.82 Å². The molecular weight excluding hydrogens is 302 g/mol. The van der Waals surface area contributed by atoms with Crippen LogP contribution in [0.25, 0.3) is 0 Å². The number of nitrogens with two attached hydrogens (primary N) is 1. The van der Waals surface area contributed by atoms with E-state index in [1.807, 2.05) is 43.3 Å². The maximum absolute atomic E-state index is 6.14. The van der Waals surface area contributed by atoms with E-state index in [0.29, 0.717) is 29.0 Å². The third kappa shape index (κ3) is 3.43. The van der Waals surface area contributed by atoms with Gasteiger partial charge in [0.1, 0.15) is 23.6 Å². The fraction of sp³-hybridized carbons (Fsp3) is 0.167. The monoisotopic (exact) mass is 321 g/mol. The smallest absolute Gasteiger partial charge is 0.248 e. The van der Waals surface area contributed by atoms with Crippen molar-refractivity contribution >= 4 is 17.3 Å². The number of nitrogens with one attached hydrogen (secondary N) is 1. The van der Waals surface area contributed by atoms with E-state index < -0.39 is 0 Å². The van der Waals surface area contributed by atoms with Crippen molar-refractivity contribution in [3.05, 3.63) is 60.0 Å². The largest absolute Gasteiger partial charge is 0.437 e. The number of rotatable bonds is 5. The molecule has 0 saturated carbocycles. The molecule has 3 N–H and O–H groups in total. The number of nitrogen functional groups attached to an aromatic ring is 1. The Balaban J connectivity index is 1.83. The zero-order valence-electron chi connectivity index (χ0n) is 13.7. The van der Waals surface area contributed by atoms with Crippen molar-refractivity contribution in [2.45, 2.75) is 20.3 Å². The van der Waals surface area contributed by atoms with Crippen molar-refractivity contribution < 1.29 is 4.74 Å². The Labute approximate surface area is 140 Å². The Morgan fingerprint density at radius 3 is 2.54 bits per heavy atom. The summed E-state index contributed by atoms with van der Waals surface area (Å²) in [6.45, 7) is 4.06. The van der Waals surface area contributed by atoms with Crippen LogP contribution in [-0.2, 0) is 6.42 Å². The third-order valence-corrected chi connectivity index (χ3v) is 3.64. The fourth-order valence-corrected chi connectivity index (χ4v) is 2.19. The first-order chi connectivity index (χ1) is 11.7. The van der Waals surface area contributed by atoms with E-state index in [2.05, 4.69) is 27.2 Å². The molecule has 0 aliphatic rings. The highest BCUT2D eigenvalue weighted by molar-refractivity contribution is 5.72. The van der Waals surface area contributed by atoms with Gasteiger partial charge in [-0.15, -0.1) is 0 Å². The number of anilines is 3. The summed E-state index contributed by atoms with van der Waals surface area (Å²) in [6.07, 6.45) is 4.10. The van der Waals surface area contributed by atoms with Gasteiger partial charge in [-0.3, -0.25) is 0 Å². The zero-order chi connectivity index (χ0) is 16.9. The van der Waals surface area contributed by atoms with Crippen molar-refractivity contribution in [1.82, 2.24) is 15.0 Å². The summed E-state index contributed by atoms with van der Waals surface area (Å²) in [5, 5.41) is 3.12. The van der Waals surface area contributed by atoms with E-state index in [0.717, 1.165) is 12.0 Å². The second kappa shape index (κ2) is 6.95. The second-order valence-electron chi connectivity index (χ2n) is 5.33. The van der Waals surface area contributed by atoms with E-state index in [9.17, 15) is 0 Å². The first-order valence-electron chi connectivity index (χ1n) is 7.73. The van der Waals surface area contributed by atoms with Crippen molar-refractivity contribution in [1.29, 1.82) is 0 Å². The van der Waals surface area contributed by atoms with Crippen LogP contribution in [-0.4, -0.2) is 15.0 Å². The average molecular weight is 321 g/mol. The molecule has 0 aliphatic carbocycles. The molecule has 0 amide bonds. The van der Waals surface area contributed by atoms with Crippen molar-refractivity contribution in [2.75, 3.05) is 11.1 Å². The molecule has 1 aromatic carbocycles. The lowest BCUT2D eigenvalue weighted by molar-refractivity contribution is 0.464. The highest BCUT2D eigenvalue weighted by Crippen LogP contribution is 2.31. The van der Waals surface area contributed by atoms with E-state index >= 15 is 0 Å². The lowest BCUT2D eigenvalue weighted by Crippen LogP contribution is -2.04. The van der Waals surface area contributed by atoms with Crippen molar-refractivity contribution in [3.8, 4) is 11.6 Å². The van der Waals surface area contributed by atoms with Crippen LogP contribution in [0.1, 0.15) is 18.1 Å². The second-order valence-corrected chi connectivity index (χ2v) is 5.33. The first-order valence-corrected chi connectivity index (χ1v) is 7.73. The molecule has 0 spiro atoms. The van der Waals surface area contributed by atoms with E-state index in [4.69, 9.17) is 10.5 Å². The molecular formula is C18H19N5O. The van der Waals surface area contributed by atoms with Gasteiger partial charge in [0, 0.05) is 6.20 Å². The van der Waals surface area contributed by atoms with Crippen molar-refractivity contribution in [3.63, 3.8) is 0 Å². The highest BCUT2D eigenvalue weighted by Gasteiger charge is 2.12. The summed E-state index contributed by atoms with van der Waals surface area (Å²) in [7, 11) is 0. The molecule has 0 bridgehead atoms. The molecule has 2 heterocycles. The Kier molecular flexibility index (Phi) is 4.56. The highest BCUT2D eigenvalue weighted by atomic mass is 16.5. The van der Waals surface area contributed by atoms with Gasteiger partial charge in [-0.2, -0.15) is 4.98 Å². The van der Waals surface area contributed by atoms with Gasteiger partial charge in [-0.05, 0) is 42.7 Å². The molecule has 6 nitrogen and oxygen atoms in total. The minimum Gasteiger partial charge on any atom is -0.437 e. The zero-order valence-corrected chi connectivity index (χ0v) is 13.7. The van der Waals surface area contributed by atoms with Crippen LogP contribution in [0.4, 0.5) is 17.3 Å². The molecule has 0 atom stereocenters. The Bertz CT molecular complexity index is 833. The van der Waals surface area contributed by atoms with Crippen LogP contribution in [0, 0.1) is 6.92 Å². The summed E-state index contributed by atoms with van der Waals surface area (Å²) in [6, 6.07) is 11.7. The van der Waals surface area contributed by atoms with Crippen LogP contribution in [0.15, 0.2) is 48.9 Å². The average Bonchev–Trinajstić information content (AvgIpc) is 2.61. The number of ether oxygens (including phenoxy) is 1. The number of benzene rings is 1. The van der Waals surface area contributed by atoms with Crippen LogP contribution in [0.5, 0.6) is 11.6 Å². The van der Waals surface area contributed by atoms with Gasteiger partial charge in [0.2, 0.25) is 5.88 Å². The van der Waals surface area contributed by atoms with Gasteiger partial charge < -0.3 is 15.8 Å². The molecule has 0 fully saturated rings. The topological polar surface area (TPSA) is 86.0 Å². The molecule has 0 unspecified atom stereocenters. The van der Waals surface area contributed by atoms with Crippen LogP contribution >= 0.6 is 0 Å². The first kappa shape index (κ1) is 15.7. The molecule has 0 saturated heterocycles. The Morgan fingerprint density at radius 1 is 1.04 bits per heavy atom.